The van der Waals surface area contributed by atoms with Crippen LogP contribution in [-0.4, -0.2) is 35.7 Å². The molecule has 0 unspecified atom stereocenters. The molecule has 0 bridgehead atoms. The van der Waals surface area contributed by atoms with E-state index in [2.05, 4.69) is 15.3 Å². The van der Waals surface area contributed by atoms with Gasteiger partial charge in [0.25, 0.3) is 0 Å². The highest BCUT2D eigenvalue weighted by atomic mass is 32.2. The minimum Gasteiger partial charge on any atom is -0.335 e. The number of nitrogens with zero attached hydrogens (tertiary/aromatic N) is 3. The molecule has 0 spiro atoms. The summed E-state index contributed by atoms with van der Waals surface area (Å²) in [5, 5.41) is 2.92. The van der Waals surface area contributed by atoms with Gasteiger partial charge in [0.05, 0.1) is 12.2 Å². The van der Waals surface area contributed by atoms with Crippen LogP contribution in [0.15, 0.2) is 41.4 Å². The van der Waals surface area contributed by atoms with Crippen molar-refractivity contribution >= 4 is 29.3 Å². The van der Waals surface area contributed by atoms with E-state index in [9.17, 15) is 4.79 Å². The number of rotatable bonds is 5. The predicted molar refractivity (Wildman–Crippen MR) is 86.9 cm³/mol. The number of carbonyl (C=O) groups excluding carboxylic acids is 1. The summed E-state index contributed by atoms with van der Waals surface area (Å²) in [6.07, 6.45) is 3.67. The maximum absolute atomic E-state index is 12.1. The summed E-state index contributed by atoms with van der Waals surface area (Å²) >= 11 is 1.60. The Kier molecular flexibility index (Phi) is 5.16. The Morgan fingerprint density at radius 2 is 2.10 bits per heavy atom. The van der Waals surface area contributed by atoms with Crippen molar-refractivity contribution in [2.24, 2.45) is 0 Å². The number of hydrogen-bond acceptors (Lipinski definition) is 5. The van der Waals surface area contributed by atoms with Crippen LogP contribution >= 0.6 is 11.8 Å². The lowest BCUT2D eigenvalue weighted by Crippen LogP contribution is -2.31. The van der Waals surface area contributed by atoms with Gasteiger partial charge in [-0.2, -0.15) is 0 Å². The Labute approximate surface area is 128 Å². The molecule has 110 valence electrons. The van der Waals surface area contributed by atoms with Crippen LogP contribution in [0.4, 0.5) is 11.6 Å². The zero-order valence-corrected chi connectivity index (χ0v) is 13.1. The highest BCUT2D eigenvalue weighted by molar-refractivity contribution is 7.98. The van der Waals surface area contributed by atoms with E-state index in [0.717, 1.165) is 16.3 Å². The smallest absolute Gasteiger partial charge is 0.244 e. The molecule has 5 nitrogen and oxygen atoms in total. The van der Waals surface area contributed by atoms with Gasteiger partial charge in [0, 0.05) is 23.8 Å². The second-order valence-corrected chi connectivity index (χ2v) is 5.45. The number of nitrogens with one attached hydrogen (secondary N) is 1. The van der Waals surface area contributed by atoms with E-state index in [1.807, 2.05) is 43.5 Å². The zero-order chi connectivity index (χ0) is 15.2. The molecule has 2 rings (SSSR count). The van der Waals surface area contributed by atoms with Gasteiger partial charge in [-0.1, -0.05) is 12.1 Å². The number of anilines is 2. The number of thioether (sulfide) groups is 1. The molecule has 1 aromatic carbocycles. The average Bonchev–Trinajstić information content (AvgIpc) is 2.47. The van der Waals surface area contributed by atoms with Crippen LogP contribution in [0.5, 0.6) is 0 Å². The third kappa shape index (κ3) is 4.19. The number of aryl methyl sites for hydroxylation is 1. The predicted octanol–water partition coefficient (Wildman–Crippen LogP) is 2.58. The number of benzene rings is 1. The van der Waals surface area contributed by atoms with Gasteiger partial charge in [-0.25, -0.2) is 9.97 Å². The van der Waals surface area contributed by atoms with Gasteiger partial charge in [-0.15, -0.1) is 11.8 Å². The molecule has 0 aliphatic rings. The van der Waals surface area contributed by atoms with E-state index >= 15 is 0 Å². The largest absolute Gasteiger partial charge is 0.335 e. The van der Waals surface area contributed by atoms with Crippen molar-refractivity contribution in [2.45, 2.75) is 11.8 Å². The van der Waals surface area contributed by atoms with Crippen LogP contribution in [0.1, 0.15) is 5.69 Å². The lowest BCUT2D eigenvalue weighted by molar-refractivity contribution is -0.114. The van der Waals surface area contributed by atoms with Gasteiger partial charge in [-0.3, -0.25) is 4.79 Å². The van der Waals surface area contributed by atoms with Gasteiger partial charge in [0.2, 0.25) is 11.9 Å². The van der Waals surface area contributed by atoms with Crippen molar-refractivity contribution in [3.8, 4) is 0 Å². The molecule has 0 fully saturated rings. The summed E-state index contributed by atoms with van der Waals surface area (Å²) in [7, 11) is 1.80. The summed E-state index contributed by atoms with van der Waals surface area (Å²) < 4.78 is 0. The summed E-state index contributed by atoms with van der Waals surface area (Å²) in [5.74, 6) is 0.451. The first kappa shape index (κ1) is 15.3. The third-order valence-corrected chi connectivity index (χ3v) is 3.68. The van der Waals surface area contributed by atoms with Crippen molar-refractivity contribution in [3.05, 3.63) is 42.2 Å². The van der Waals surface area contributed by atoms with E-state index in [-0.39, 0.29) is 12.5 Å². The number of hydrogen-bond donors (Lipinski definition) is 1. The molecule has 1 amide bonds. The molecule has 0 saturated heterocycles. The molecule has 0 aliphatic carbocycles. The number of likely N-dealkylation sites (N-methyl/N-ethyl adjacent to an activating group) is 1. The Morgan fingerprint density at radius 1 is 1.33 bits per heavy atom. The number of carbonyl (C=O) groups is 1. The minimum atomic E-state index is -0.0934. The van der Waals surface area contributed by atoms with E-state index in [1.165, 1.54) is 0 Å². The topological polar surface area (TPSA) is 58.1 Å². The fraction of sp³-hybridized carbons (Fsp3) is 0.267. The van der Waals surface area contributed by atoms with E-state index in [0.29, 0.717) is 5.95 Å². The molecule has 6 heteroatoms. The fourth-order valence-corrected chi connectivity index (χ4v) is 2.40. The SMILES string of the molecule is CSc1ccccc1NC(=O)CN(C)c1nccc(C)n1. The first-order valence-corrected chi connectivity index (χ1v) is 7.76. The Balaban J connectivity index is 2.01. The van der Waals surface area contributed by atoms with Gasteiger partial charge in [-0.05, 0) is 31.4 Å². The third-order valence-electron chi connectivity index (χ3n) is 2.89. The van der Waals surface area contributed by atoms with Gasteiger partial charge in [0.1, 0.15) is 0 Å². The van der Waals surface area contributed by atoms with E-state index in [1.54, 1.807) is 29.9 Å². The monoisotopic (exact) mass is 302 g/mol. The summed E-state index contributed by atoms with van der Waals surface area (Å²) in [5.41, 5.74) is 1.70. The highest BCUT2D eigenvalue weighted by Crippen LogP contribution is 2.24. The Hall–Kier alpha value is -2.08. The molecular weight excluding hydrogens is 284 g/mol. The summed E-state index contributed by atoms with van der Waals surface area (Å²) in [6, 6.07) is 9.56. The zero-order valence-electron chi connectivity index (χ0n) is 12.3. The first-order valence-electron chi connectivity index (χ1n) is 6.54. The highest BCUT2D eigenvalue weighted by Gasteiger charge is 2.11. The number of amides is 1. The van der Waals surface area contributed by atoms with E-state index in [4.69, 9.17) is 0 Å². The standard InChI is InChI=1S/C15H18N4OS/c1-11-8-9-16-15(17-11)19(2)10-14(20)18-12-6-4-5-7-13(12)21-3/h4-9H,10H2,1-3H3,(H,18,20). The second-order valence-electron chi connectivity index (χ2n) is 4.60. The van der Waals surface area contributed by atoms with E-state index < -0.39 is 0 Å². The molecule has 0 radical (unpaired) electrons. The summed E-state index contributed by atoms with van der Waals surface area (Å²) in [4.78, 5) is 23.4. The fourth-order valence-electron chi connectivity index (χ4n) is 1.84. The van der Waals surface area contributed by atoms with Crippen LogP contribution in [0, 0.1) is 6.92 Å². The lowest BCUT2D eigenvalue weighted by Gasteiger charge is -2.17. The molecular formula is C15H18N4OS. The average molecular weight is 302 g/mol. The molecule has 0 atom stereocenters. The molecule has 21 heavy (non-hydrogen) atoms. The Bertz CT molecular complexity index is 633. The first-order chi connectivity index (χ1) is 10.1. The van der Waals surface area contributed by atoms with Crippen LogP contribution in [-0.2, 0) is 4.79 Å². The molecule has 1 aromatic heterocycles. The second kappa shape index (κ2) is 7.08. The minimum absolute atomic E-state index is 0.0934. The molecule has 1 N–H and O–H groups in total. The van der Waals surface area contributed by atoms with Crippen LogP contribution in [0.25, 0.3) is 0 Å². The van der Waals surface area contributed by atoms with Crippen LogP contribution in [0.3, 0.4) is 0 Å². The normalized spacial score (nSPS) is 10.2. The van der Waals surface area contributed by atoms with Crippen LogP contribution in [0.2, 0.25) is 0 Å². The molecule has 2 aromatic rings. The van der Waals surface area contributed by atoms with Crippen molar-refractivity contribution in [3.63, 3.8) is 0 Å². The van der Waals surface area contributed by atoms with Gasteiger partial charge in [0.15, 0.2) is 0 Å². The quantitative estimate of drug-likeness (QED) is 0.860. The van der Waals surface area contributed by atoms with Crippen molar-refractivity contribution < 1.29 is 4.79 Å². The molecule has 0 aliphatic heterocycles. The maximum Gasteiger partial charge on any atom is 0.244 e. The van der Waals surface area contributed by atoms with Crippen molar-refractivity contribution in [1.82, 2.24) is 9.97 Å². The van der Waals surface area contributed by atoms with Crippen molar-refractivity contribution in [1.29, 1.82) is 0 Å². The summed E-state index contributed by atoms with van der Waals surface area (Å²) in [6.45, 7) is 2.10. The van der Waals surface area contributed by atoms with Gasteiger partial charge < -0.3 is 10.2 Å². The number of aromatic nitrogens is 2. The van der Waals surface area contributed by atoms with Gasteiger partial charge >= 0.3 is 0 Å². The molecule has 1 heterocycles. The van der Waals surface area contributed by atoms with Crippen molar-refractivity contribution in [2.75, 3.05) is 30.1 Å². The molecule has 0 saturated carbocycles. The Morgan fingerprint density at radius 3 is 2.81 bits per heavy atom. The van der Waals surface area contributed by atoms with Crippen LogP contribution < -0.4 is 10.2 Å². The lowest BCUT2D eigenvalue weighted by atomic mass is 10.3. The maximum atomic E-state index is 12.1. The number of para-hydroxylation sites is 1.